The van der Waals surface area contributed by atoms with Crippen molar-refractivity contribution >= 4 is 0 Å². The summed E-state index contributed by atoms with van der Waals surface area (Å²) in [5.74, 6) is 2.13. The van der Waals surface area contributed by atoms with Crippen molar-refractivity contribution in [2.24, 2.45) is 0 Å². The van der Waals surface area contributed by atoms with Crippen molar-refractivity contribution in [3.63, 3.8) is 0 Å². The summed E-state index contributed by atoms with van der Waals surface area (Å²) in [6.45, 7) is 8.79. The third-order valence-corrected chi connectivity index (χ3v) is 9.64. The highest BCUT2D eigenvalue weighted by molar-refractivity contribution is 5.72. The van der Waals surface area contributed by atoms with E-state index >= 15 is 0 Å². The third kappa shape index (κ3) is 9.21. The van der Waals surface area contributed by atoms with Crippen molar-refractivity contribution in [2.45, 2.75) is 91.9 Å². The Morgan fingerprint density at radius 3 is 1.02 bits per heavy atom. The van der Waals surface area contributed by atoms with Gasteiger partial charge in [-0.05, 0) is 85.0 Å². The van der Waals surface area contributed by atoms with E-state index in [1.807, 2.05) is 0 Å². The molecule has 0 spiro atoms. The molecule has 6 aromatic rings. The fourth-order valence-corrected chi connectivity index (χ4v) is 6.57. The van der Waals surface area contributed by atoms with Crippen molar-refractivity contribution < 1.29 is 0 Å². The zero-order chi connectivity index (χ0) is 34.7. The van der Waals surface area contributed by atoms with E-state index in [0.29, 0.717) is 11.6 Å². The lowest BCUT2D eigenvalue weighted by molar-refractivity contribution is 0.661. The van der Waals surface area contributed by atoms with Gasteiger partial charge in [0.1, 0.15) is 0 Å². The van der Waals surface area contributed by atoms with Gasteiger partial charge in [0.05, 0.1) is 0 Å². The molecule has 3 nitrogen and oxygen atoms in total. The molecule has 0 aliphatic heterocycles. The molecule has 0 atom stereocenters. The lowest BCUT2D eigenvalue weighted by atomic mass is 9.97. The number of aryl methyl sites for hydroxylation is 4. The lowest BCUT2D eigenvalue weighted by Gasteiger charge is -2.13. The summed E-state index contributed by atoms with van der Waals surface area (Å²) < 4.78 is 0. The molecule has 0 saturated heterocycles. The van der Waals surface area contributed by atoms with Gasteiger partial charge in [-0.15, -0.1) is 0 Å². The largest absolute Gasteiger partial charge is 0.208 e. The van der Waals surface area contributed by atoms with Crippen LogP contribution in [0.25, 0.3) is 56.4 Å². The average molecular weight is 658 g/mol. The molecule has 0 bridgehead atoms. The first kappa shape index (κ1) is 35.0. The van der Waals surface area contributed by atoms with E-state index in [-0.39, 0.29) is 0 Å². The molecule has 0 fully saturated rings. The Morgan fingerprint density at radius 1 is 0.340 bits per heavy atom. The topological polar surface area (TPSA) is 38.7 Å². The quantitative estimate of drug-likeness (QED) is 0.103. The van der Waals surface area contributed by atoms with Crippen LogP contribution in [0.15, 0.2) is 115 Å². The Bertz CT molecular complexity index is 1820. The zero-order valence-electron chi connectivity index (χ0n) is 30.4. The molecule has 0 aliphatic carbocycles. The molecule has 6 rings (SSSR count). The van der Waals surface area contributed by atoms with Crippen LogP contribution < -0.4 is 0 Å². The molecule has 0 unspecified atom stereocenters. The van der Waals surface area contributed by atoms with Gasteiger partial charge in [-0.1, -0.05) is 167 Å². The summed E-state index contributed by atoms with van der Waals surface area (Å²) in [5.41, 5.74) is 13.1. The monoisotopic (exact) mass is 657 g/mol. The van der Waals surface area contributed by atoms with Gasteiger partial charge in [0.25, 0.3) is 0 Å². The number of hydrogen-bond acceptors (Lipinski definition) is 3. The first-order valence-corrected chi connectivity index (χ1v) is 18.7. The molecule has 50 heavy (non-hydrogen) atoms. The van der Waals surface area contributed by atoms with Crippen LogP contribution in [-0.4, -0.2) is 15.0 Å². The van der Waals surface area contributed by atoms with Crippen LogP contribution in [0.3, 0.4) is 0 Å². The molecule has 0 aliphatic rings. The van der Waals surface area contributed by atoms with Gasteiger partial charge in [0, 0.05) is 16.7 Å². The molecule has 0 saturated carbocycles. The summed E-state index contributed by atoms with van der Waals surface area (Å²) in [7, 11) is 0. The number of hydrogen-bond donors (Lipinski definition) is 0. The highest BCUT2D eigenvalue weighted by atomic mass is 15.0. The van der Waals surface area contributed by atoms with E-state index in [1.165, 1.54) is 95.9 Å². The van der Waals surface area contributed by atoms with Crippen molar-refractivity contribution in [3.8, 4) is 56.4 Å². The van der Waals surface area contributed by atoms with Crippen LogP contribution >= 0.6 is 0 Å². The van der Waals surface area contributed by atoms with Gasteiger partial charge in [-0.2, -0.15) is 0 Å². The van der Waals surface area contributed by atoms with Crippen LogP contribution in [0.1, 0.15) is 87.5 Å². The highest BCUT2D eigenvalue weighted by Gasteiger charge is 2.15. The normalized spacial score (nSPS) is 11.2. The van der Waals surface area contributed by atoms with Crippen LogP contribution in [0.5, 0.6) is 0 Å². The molecular formula is C47H51N3. The fraction of sp³-hybridized carbons (Fsp3) is 0.298. The molecule has 0 radical (unpaired) electrons. The van der Waals surface area contributed by atoms with E-state index in [1.54, 1.807) is 0 Å². The van der Waals surface area contributed by atoms with Crippen LogP contribution in [-0.2, 0) is 12.8 Å². The molecule has 1 aromatic heterocycles. The summed E-state index contributed by atoms with van der Waals surface area (Å²) in [4.78, 5) is 15.4. The second-order valence-corrected chi connectivity index (χ2v) is 13.9. The van der Waals surface area contributed by atoms with E-state index in [0.717, 1.165) is 35.4 Å². The minimum Gasteiger partial charge on any atom is -0.208 e. The molecule has 254 valence electrons. The maximum Gasteiger partial charge on any atom is 0.164 e. The van der Waals surface area contributed by atoms with Gasteiger partial charge in [-0.3, -0.25) is 0 Å². The number of rotatable bonds is 15. The molecule has 0 amide bonds. The van der Waals surface area contributed by atoms with Crippen molar-refractivity contribution in [3.05, 3.63) is 138 Å². The number of nitrogens with zero attached hydrogens (tertiary/aromatic N) is 3. The zero-order valence-corrected chi connectivity index (χ0v) is 30.4. The molecule has 3 heteroatoms. The average Bonchev–Trinajstić information content (AvgIpc) is 3.16. The summed E-state index contributed by atoms with van der Waals surface area (Å²) in [6, 6.07) is 41.7. The van der Waals surface area contributed by atoms with Crippen molar-refractivity contribution in [1.29, 1.82) is 0 Å². The predicted molar refractivity (Wildman–Crippen MR) is 212 cm³/mol. The van der Waals surface area contributed by atoms with E-state index < -0.39 is 0 Å². The van der Waals surface area contributed by atoms with E-state index in [2.05, 4.69) is 143 Å². The number of unbranched alkanes of at least 4 members (excludes halogenated alkanes) is 6. The number of benzene rings is 5. The molecular weight excluding hydrogens is 607 g/mol. The van der Waals surface area contributed by atoms with Gasteiger partial charge < -0.3 is 0 Å². The lowest BCUT2D eigenvalue weighted by Crippen LogP contribution is -2.01. The first-order valence-electron chi connectivity index (χ1n) is 18.7. The third-order valence-electron chi connectivity index (χ3n) is 9.64. The van der Waals surface area contributed by atoms with E-state index in [4.69, 9.17) is 15.0 Å². The van der Waals surface area contributed by atoms with Crippen LogP contribution in [0, 0.1) is 13.8 Å². The standard InChI is InChI=1S/C47H51N3/c1-5-7-9-11-13-36-31-37(14-12-10-8-6-2)33-44(32-36)47-49-45(42-27-23-40(24-28-42)38-19-15-34(3)16-20-38)48-46(50-47)43-29-25-41(26-30-43)39-21-17-35(4)18-22-39/h15-33H,5-14H2,1-4H3. The second-order valence-electron chi connectivity index (χ2n) is 13.9. The highest BCUT2D eigenvalue weighted by Crippen LogP contribution is 2.30. The van der Waals surface area contributed by atoms with Gasteiger partial charge in [0.15, 0.2) is 17.5 Å². The maximum absolute atomic E-state index is 5.17. The van der Waals surface area contributed by atoms with Gasteiger partial charge in [0.2, 0.25) is 0 Å². The van der Waals surface area contributed by atoms with Crippen LogP contribution in [0.4, 0.5) is 0 Å². The SMILES string of the molecule is CCCCCCc1cc(CCCCCC)cc(-c2nc(-c3ccc(-c4ccc(C)cc4)cc3)nc(-c3ccc(-c4ccc(C)cc4)cc3)n2)c1. The number of aromatic nitrogens is 3. The van der Waals surface area contributed by atoms with Crippen molar-refractivity contribution in [1.82, 2.24) is 15.0 Å². The summed E-state index contributed by atoms with van der Waals surface area (Å²) >= 11 is 0. The fourth-order valence-electron chi connectivity index (χ4n) is 6.57. The Balaban J connectivity index is 1.40. The predicted octanol–water partition coefficient (Wildman–Crippen LogP) is 13.1. The summed E-state index contributed by atoms with van der Waals surface area (Å²) in [5, 5.41) is 0. The molecule has 5 aromatic carbocycles. The Kier molecular flexibility index (Phi) is 12.0. The smallest absolute Gasteiger partial charge is 0.164 e. The van der Waals surface area contributed by atoms with Crippen molar-refractivity contribution in [2.75, 3.05) is 0 Å². The maximum atomic E-state index is 5.17. The Morgan fingerprint density at radius 2 is 0.660 bits per heavy atom. The van der Waals surface area contributed by atoms with E-state index in [9.17, 15) is 0 Å². The van der Waals surface area contributed by atoms with Crippen LogP contribution in [0.2, 0.25) is 0 Å². The first-order chi connectivity index (χ1) is 24.5. The summed E-state index contributed by atoms with van der Waals surface area (Å²) in [6.07, 6.45) is 12.2. The Labute approximate surface area is 299 Å². The molecule has 0 N–H and O–H groups in total. The molecule has 1 heterocycles. The second kappa shape index (κ2) is 17.2. The minimum atomic E-state index is 0.695. The van der Waals surface area contributed by atoms with Gasteiger partial charge in [-0.25, -0.2) is 15.0 Å². The Hall–Kier alpha value is -4.89. The minimum absolute atomic E-state index is 0.695. The van der Waals surface area contributed by atoms with Gasteiger partial charge >= 0.3 is 0 Å².